The molecule has 3 saturated heterocycles. The van der Waals surface area contributed by atoms with Crippen LogP contribution in [0.1, 0.15) is 43.7 Å². The molecule has 53 heavy (non-hydrogen) atoms. The second-order valence-electron chi connectivity index (χ2n) is 14.2. The number of methoxy groups -OCH3 is 2. The number of para-hydroxylation sites is 1. The van der Waals surface area contributed by atoms with Crippen molar-refractivity contribution in [3.8, 4) is 5.75 Å². The number of fused-ring (bicyclic) bond motifs is 1. The van der Waals surface area contributed by atoms with E-state index in [0.717, 1.165) is 82.6 Å². The smallest absolute Gasteiger partial charge is 0.409 e. The topological polar surface area (TPSA) is 135 Å². The summed E-state index contributed by atoms with van der Waals surface area (Å²) in [5.41, 5.74) is 3.09. The number of ether oxygens (including phenoxy) is 2. The van der Waals surface area contributed by atoms with Gasteiger partial charge in [-0.3, -0.25) is 19.4 Å². The number of aromatic hydroxyl groups is 1. The van der Waals surface area contributed by atoms with Crippen LogP contribution in [0, 0.1) is 5.92 Å². The maximum Gasteiger partial charge on any atom is 0.409 e. The van der Waals surface area contributed by atoms with E-state index in [2.05, 4.69) is 53.0 Å². The van der Waals surface area contributed by atoms with Crippen molar-refractivity contribution in [1.29, 1.82) is 0 Å². The predicted molar refractivity (Wildman–Crippen MR) is 209 cm³/mol. The fraction of sp³-hybridized carbons (Fsp3) is 0.579. The molecule has 2 aromatic carbocycles. The highest BCUT2D eigenvalue weighted by molar-refractivity contribution is 9.11. The standard InChI is InChI=1S/C22H31Br2N3O4.C16H21N3O3/c1-15(11-16-12-18(23)21(29)19(24)13-16)22(30)27-5-3-17(4-6-27)26-9-7-25(8-10-26)14-20(28)31-2;1-22-16(21)18-9-7-13(8-10-18)19-11-6-12-4-2-3-5-14(12)17-15(19)20/h12-13,15,17,29H,3-11,14H2,1-2H3;2-5,13H,6-11H2,1H3,(H,17,20)/t15-;/m1./s1. The Hall–Kier alpha value is -3.40. The number of halogens is 2. The number of rotatable bonds is 7. The average Bonchev–Trinajstić information content (AvgIpc) is 3.34. The third-order valence-corrected chi connectivity index (χ3v) is 12.0. The van der Waals surface area contributed by atoms with Gasteiger partial charge in [-0.1, -0.05) is 25.1 Å². The average molecular weight is 865 g/mol. The number of likely N-dealkylation sites (tertiary alicyclic amines) is 2. The molecule has 2 N–H and O–H groups in total. The van der Waals surface area contributed by atoms with Crippen LogP contribution in [-0.2, 0) is 31.9 Å². The molecule has 0 bridgehead atoms. The molecule has 2 aromatic rings. The Morgan fingerprint density at radius 3 is 2.08 bits per heavy atom. The predicted octanol–water partition coefficient (Wildman–Crippen LogP) is 5.18. The minimum atomic E-state index is -0.286. The molecule has 13 nitrogen and oxygen atoms in total. The summed E-state index contributed by atoms with van der Waals surface area (Å²) in [5.74, 6) is 0.0840. The zero-order valence-corrected chi connectivity index (χ0v) is 34.1. The number of nitrogens with one attached hydrogen (secondary N) is 1. The van der Waals surface area contributed by atoms with E-state index in [-0.39, 0.29) is 41.7 Å². The van der Waals surface area contributed by atoms with Crippen LogP contribution in [0.5, 0.6) is 5.75 Å². The number of piperazine rings is 1. The van der Waals surface area contributed by atoms with Crippen molar-refractivity contribution in [3.05, 3.63) is 56.5 Å². The molecule has 4 aliphatic heterocycles. The Labute approximate surface area is 329 Å². The van der Waals surface area contributed by atoms with Crippen LogP contribution in [0.25, 0.3) is 0 Å². The van der Waals surface area contributed by atoms with E-state index in [1.165, 1.54) is 19.8 Å². The highest BCUT2D eigenvalue weighted by Gasteiger charge is 2.33. The van der Waals surface area contributed by atoms with E-state index >= 15 is 0 Å². The van der Waals surface area contributed by atoms with Gasteiger partial charge in [0.05, 0.1) is 29.7 Å². The minimum absolute atomic E-state index is 0.0403. The van der Waals surface area contributed by atoms with Crippen molar-refractivity contribution in [1.82, 2.24) is 24.5 Å². The normalized spacial score (nSPS) is 19.6. The summed E-state index contributed by atoms with van der Waals surface area (Å²) in [6, 6.07) is 12.3. The minimum Gasteiger partial charge on any atom is -0.506 e. The number of esters is 1. The molecular weight excluding hydrogens is 812 g/mol. The van der Waals surface area contributed by atoms with Gasteiger partial charge in [-0.05, 0) is 99.7 Å². The molecule has 0 aromatic heterocycles. The van der Waals surface area contributed by atoms with Gasteiger partial charge < -0.3 is 34.6 Å². The van der Waals surface area contributed by atoms with E-state index in [1.807, 2.05) is 47.1 Å². The number of hydrogen-bond acceptors (Lipinski definition) is 9. The number of anilines is 1. The summed E-state index contributed by atoms with van der Waals surface area (Å²) in [6.45, 7) is 9.57. The number of nitrogens with zero attached hydrogens (tertiary/aromatic N) is 5. The van der Waals surface area contributed by atoms with Crippen LogP contribution in [0.4, 0.5) is 15.3 Å². The van der Waals surface area contributed by atoms with Crippen molar-refractivity contribution in [2.75, 3.05) is 85.0 Å². The van der Waals surface area contributed by atoms with Crippen molar-refractivity contribution in [2.24, 2.45) is 5.92 Å². The first-order valence-corrected chi connectivity index (χ1v) is 20.0. The summed E-state index contributed by atoms with van der Waals surface area (Å²) in [7, 11) is 2.82. The Morgan fingerprint density at radius 1 is 0.849 bits per heavy atom. The number of hydrogen-bond donors (Lipinski definition) is 2. The van der Waals surface area contributed by atoms with Gasteiger partial charge in [0.25, 0.3) is 0 Å². The monoisotopic (exact) mass is 862 g/mol. The number of phenolic OH excluding ortho intramolecular Hbond substituents is 1. The van der Waals surface area contributed by atoms with Gasteiger partial charge in [-0.25, -0.2) is 9.59 Å². The first-order valence-electron chi connectivity index (χ1n) is 18.4. The first-order chi connectivity index (χ1) is 25.5. The Bertz CT molecular complexity index is 1570. The number of amides is 4. The summed E-state index contributed by atoms with van der Waals surface area (Å²) in [5, 5.41) is 12.9. The zero-order valence-electron chi connectivity index (χ0n) is 30.9. The van der Waals surface area contributed by atoms with Crippen LogP contribution >= 0.6 is 31.9 Å². The third kappa shape index (κ3) is 10.9. The molecular formula is C38H52Br2N6O7. The lowest BCUT2D eigenvalue weighted by molar-refractivity contribution is -0.142. The molecule has 0 unspecified atom stereocenters. The molecule has 0 saturated carbocycles. The van der Waals surface area contributed by atoms with Crippen molar-refractivity contribution < 1.29 is 33.8 Å². The Kier molecular flexibility index (Phi) is 14.8. The van der Waals surface area contributed by atoms with Crippen molar-refractivity contribution >= 4 is 61.5 Å². The number of phenols is 1. The molecule has 290 valence electrons. The highest BCUT2D eigenvalue weighted by atomic mass is 79.9. The van der Waals surface area contributed by atoms with Gasteiger partial charge in [0.1, 0.15) is 5.75 Å². The van der Waals surface area contributed by atoms with Gasteiger partial charge >= 0.3 is 18.1 Å². The van der Waals surface area contributed by atoms with E-state index in [1.54, 1.807) is 4.90 Å². The molecule has 0 aliphatic carbocycles. The van der Waals surface area contributed by atoms with Gasteiger partial charge in [0.15, 0.2) is 0 Å². The largest absolute Gasteiger partial charge is 0.506 e. The van der Waals surface area contributed by atoms with Gasteiger partial charge in [-0.15, -0.1) is 0 Å². The molecule has 4 aliphatic rings. The maximum absolute atomic E-state index is 13.0. The van der Waals surface area contributed by atoms with E-state index in [9.17, 15) is 24.3 Å². The fourth-order valence-corrected chi connectivity index (χ4v) is 8.98. The van der Waals surface area contributed by atoms with E-state index in [4.69, 9.17) is 9.47 Å². The van der Waals surface area contributed by atoms with Crippen LogP contribution in [0.15, 0.2) is 45.3 Å². The zero-order chi connectivity index (χ0) is 38.1. The van der Waals surface area contributed by atoms with Gasteiger partial charge in [0, 0.05) is 82.6 Å². The lowest BCUT2D eigenvalue weighted by atomic mass is 9.97. The number of carbonyl (C=O) groups excluding carboxylic acids is 4. The summed E-state index contributed by atoms with van der Waals surface area (Å²) in [4.78, 5) is 58.7. The van der Waals surface area contributed by atoms with E-state index < -0.39 is 0 Å². The molecule has 15 heteroatoms. The third-order valence-electron chi connectivity index (χ3n) is 10.8. The molecule has 6 rings (SSSR count). The first kappa shape index (κ1) is 40.8. The van der Waals surface area contributed by atoms with Gasteiger partial charge in [0.2, 0.25) is 5.91 Å². The second-order valence-corrected chi connectivity index (χ2v) is 15.9. The van der Waals surface area contributed by atoms with Crippen molar-refractivity contribution in [3.63, 3.8) is 0 Å². The van der Waals surface area contributed by atoms with Crippen LogP contribution in [0.3, 0.4) is 0 Å². The summed E-state index contributed by atoms with van der Waals surface area (Å²) < 4.78 is 10.8. The highest BCUT2D eigenvalue weighted by Crippen LogP contribution is 2.34. The summed E-state index contributed by atoms with van der Waals surface area (Å²) >= 11 is 6.72. The quantitative estimate of drug-likeness (QED) is 0.361. The second kappa shape index (κ2) is 19.3. The van der Waals surface area contributed by atoms with Crippen LogP contribution in [-0.4, -0.2) is 145 Å². The number of benzene rings is 2. The van der Waals surface area contributed by atoms with Crippen LogP contribution in [0.2, 0.25) is 0 Å². The molecule has 4 amide bonds. The number of urea groups is 1. The Morgan fingerprint density at radius 2 is 1.45 bits per heavy atom. The van der Waals surface area contributed by atoms with Crippen molar-refractivity contribution in [2.45, 2.75) is 57.5 Å². The lowest BCUT2D eigenvalue weighted by Crippen LogP contribution is -2.54. The maximum atomic E-state index is 13.0. The molecule has 0 radical (unpaired) electrons. The number of carbonyl (C=O) groups is 4. The fourth-order valence-electron chi connectivity index (χ4n) is 7.70. The van der Waals surface area contributed by atoms with Crippen LogP contribution < -0.4 is 5.32 Å². The molecule has 3 fully saturated rings. The number of piperidine rings is 2. The Balaban J connectivity index is 0.000000216. The lowest BCUT2D eigenvalue weighted by Gasteiger charge is -2.43. The van der Waals surface area contributed by atoms with Gasteiger partial charge in [-0.2, -0.15) is 0 Å². The molecule has 1 atom stereocenters. The SMILES string of the molecule is COC(=O)CN1CCN(C2CCN(C(=O)[C@H](C)Cc3cc(Br)c(O)c(Br)c3)CC2)CC1.COC(=O)N1CCC(N2CCc3ccccc3NC2=O)CC1. The molecule has 0 spiro atoms. The van der Waals surface area contributed by atoms with E-state index in [0.29, 0.717) is 47.6 Å². The summed E-state index contributed by atoms with van der Waals surface area (Å²) in [6.07, 6.45) is 4.77. The molecule has 4 heterocycles.